The average Bonchev–Trinajstić information content (AvgIpc) is 2.69. The predicted octanol–water partition coefficient (Wildman–Crippen LogP) is 5.85. The van der Waals surface area contributed by atoms with Crippen molar-refractivity contribution in [1.29, 1.82) is 0 Å². The van der Waals surface area contributed by atoms with Gasteiger partial charge in [0.25, 0.3) is 0 Å². The van der Waals surface area contributed by atoms with E-state index < -0.39 is 0 Å². The van der Waals surface area contributed by atoms with Crippen LogP contribution in [0.4, 0.5) is 11.4 Å². The van der Waals surface area contributed by atoms with E-state index in [1.54, 1.807) is 0 Å². The van der Waals surface area contributed by atoms with Crippen LogP contribution in [0.2, 0.25) is 0 Å². The van der Waals surface area contributed by atoms with Gasteiger partial charge in [0.05, 0.1) is 0 Å². The summed E-state index contributed by atoms with van der Waals surface area (Å²) in [6, 6.07) is 33.1. The lowest BCUT2D eigenvalue weighted by atomic mass is 9.98. The van der Waals surface area contributed by atoms with Crippen molar-refractivity contribution in [1.82, 2.24) is 0 Å². The van der Waals surface area contributed by atoms with Gasteiger partial charge in [0, 0.05) is 11.4 Å². The van der Waals surface area contributed by atoms with Gasteiger partial charge in [0.1, 0.15) is 0 Å². The third-order valence-corrected chi connectivity index (χ3v) is 4.57. The summed E-state index contributed by atoms with van der Waals surface area (Å²) in [5.74, 6) is 0. The number of rotatable bonds is 3. The van der Waals surface area contributed by atoms with Gasteiger partial charge in [0.2, 0.25) is 0 Å². The lowest BCUT2D eigenvalue weighted by molar-refractivity contribution is 1.57. The average molecular weight is 336 g/mol. The molecular formula is C24H20N2. The molecule has 2 nitrogen and oxygen atoms in total. The molecule has 0 aliphatic carbocycles. The van der Waals surface area contributed by atoms with Crippen LogP contribution >= 0.6 is 0 Å². The fourth-order valence-electron chi connectivity index (χ4n) is 3.10. The van der Waals surface area contributed by atoms with Gasteiger partial charge in [-0.25, -0.2) is 0 Å². The van der Waals surface area contributed by atoms with Crippen LogP contribution in [-0.2, 0) is 0 Å². The van der Waals surface area contributed by atoms with Crippen molar-refractivity contribution in [3.05, 3.63) is 97.1 Å². The number of benzene rings is 4. The summed E-state index contributed by atoms with van der Waals surface area (Å²) in [4.78, 5) is 0. The molecular weight excluding hydrogens is 316 g/mol. The lowest BCUT2D eigenvalue weighted by Crippen LogP contribution is -1.86. The Hall–Kier alpha value is -3.52. The van der Waals surface area contributed by atoms with Crippen molar-refractivity contribution < 1.29 is 0 Å². The van der Waals surface area contributed by atoms with E-state index >= 15 is 0 Å². The van der Waals surface area contributed by atoms with E-state index in [1.165, 1.54) is 27.8 Å². The van der Waals surface area contributed by atoms with Gasteiger partial charge in [-0.2, -0.15) is 0 Å². The summed E-state index contributed by atoms with van der Waals surface area (Å²) in [5, 5.41) is 0. The molecule has 0 amide bonds. The Kier molecular flexibility index (Phi) is 4.16. The first-order chi connectivity index (χ1) is 12.7. The van der Waals surface area contributed by atoms with Gasteiger partial charge < -0.3 is 11.5 Å². The summed E-state index contributed by atoms with van der Waals surface area (Å²) in [5.41, 5.74) is 20.3. The fraction of sp³-hybridized carbons (Fsp3) is 0. The molecule has 2 heteroatoms. The van der Waals surface area contributed by atoms with Crippen molar-refractivity contribution in [2.75, 3.05) is 11.5 Å². The minimum Gasteiger partial charge on any atom is -0.399 e. The highest BCUT2D eigenvalue weighted by Crippen LogP contribution is 2.28. The third kappa shape index (κ3) is 3.31. The Labute approximate surface area is 153 Å². The van der Waals surface area contributed by atoms with Crippen LogP contribution in [0.25, 0.3) is 33.4 Å². The maximum Gasteiger partial charge on any atom is 0.0320 e. The highest BCUT2D eigenvalue weighted by molar-refractivity contribution is 5.74. The van der Waals surface area contributed by atoms with Crippen molar-refractivity contribution in [3.8, 4) is 33.4 Å². The molecule has 0 bridgehead atoms. The molecule has 4 aromatic carbocycles. The largest absolute Gasteiger partial charge is 0.399 e. The predicted molar refractivity (Wildman–Crippen MR) is 112 cm³/mol. The summed E-state index contributed by atoms with van der Waals surface area (Å²) >= 11 is 0. The minimum absolute atomic E-state index is 0.782. The van der Waals surface area contributed by atoms with Crippen LogP contribution < -0.4 is 11.5 Å². The third-order valence-electron chi connectivity index (χ3n) is 4.57. The lowest BCUT2D eigenvalue weighted by Gasteiger charge is -2.07. The Bertz CT molecular complexity index is 1020. The molecule has 0 heterocycles. The molecule has 4 rings (SSSR count). The van der Waals surface area contributed by atoms with Crippen LogP contribution in [0.5, 0.6) is 0 Å². The van der Waals surface area contributed by atoms with Crippen LogP contribution in [-0.4, -0.2) is 0 Å². The number of nitrogens with two attached hydrogens (primary N) is 2. The smallest absolute Gasteiger partial charge is 0.0320 e. The van der Waals surface area contributed by atoms with Crippen LogP contribution in [0.15, 0.2) is 97.1 Å². The van der Waals surface area contributed by atoms with E-state index in [4.69, 9.17) is 11.5 Å². The van der Waals surface area contributed by atoms with E-state index in [9.17, 15) is 0 Å². The molecule has 0 radical (unpaired) electrons. The van der Waals surface area contributed by atoms with Crippen molar-refractivity contribution in [3.63, 3.8) is 0 Å². The summed E-state index contributed by atoms with van der Waals surface area (Å²) in [7, 11) is 0. The summed E-state index contributed by atoms with van der Waals surface area (Å²) in [6.07, 6.45) is 0. The van der Waals surface area contributed by atoms with E-state index in [-0.39, 0.29) is 0 Å². The highest BCUT2D eigenvalue weighted by atomic mass is 14.5. The van der Waals surface area contributed by atoms with Gasteiger partial charge in [0.15, 0.2) is 0 Å². The first-order valence-electron chi connectivity index (χ1n) is 8.61. The second kappa shape index (κ2) is 6.77. The Morgan fingerprint density at radius 1 is 0.346 bits per heavy atom. The van der Waals surface area contributed by atoms with Crippen molar-refractivity contribution in [2.45, 2.75) is 0 Å². The van der Waals surface area contributed by atoms with Gasteiger partial charge in [-0.15, -0.1) is 0 Å². The molecule has 26 heavy (non-hydrogen) atoms. The van der Waals surface area contributed by atoms with E-state index in [0.29, 0.717) is 0 Å². The van der Waals surface area contributed by atoms with Gasteiger partial charge in [-0.05, 0) is 57.6 Å². The SMILES string of the molecule is Nc1ccc(-c2ccc(-c3ccc(-c4cccc(N)c4)cc3)cc2)cc1. The normalized spacial score (nSPS) is 10.6. The molecule has 0 saturated carbocycles. The molecule has 0 aliphatic heterocycles. The molecule has 0 spiro atoms. The van der Waals surface area contributed by atoms with Crippen LogP contribution in [0.1, 0.15) is 0 Å². The molecule has 126 valence electrons. The molecule has 0 unspecified atom stereocenters. The molecule has 0 aliphatic rings. The Morgan fingerprint density at radius 2 is 0.731 bits per heavy atom. The number of anilines is 2. The van der Waals surface area contributed by atoms with E-state index in [0.717, 1.165) is 16.9 Å². The molecule has 4 aromatic rings. The summed E-state index contributed by atoms with van der Waals surface area (Å²) < 4.78 is 0. The molecule has 4 N–H and O–H groups in total. The first kappa shape index (κ1) is 16.0. The van der Waals surface area contributed by atoms with Crippen molar-refractivity contribution in [2.24, 2.45) is 0 Å². The second-order valence-corrected chi connectivity index (χ2v) is 6.40. The number of hydrogen-bond donors (Lipinski definition) is 2. The zero-order chi connectivity index (χ0) is 17.9. The Morgan fingerprint density at radius 3 is 1.15 bits per heavy atom. The molecule has 0 aromatic heterocycles. The Balaban J connectivity index is 1.59. The summed E-state index contributed by atoms with van der Waals surface area (Å²) in [6.45, 7) is 0. The maximum absolute atomic E-state index is 5.88. The maximum atomic E-state index is 5.88. The van der Waals surface area contributed by atoms with E-state index in [2.05, 4.69) is 54.6 Å². The van der Waals surface area contributed by atoms with Gasteiger partial charge in [-0.3, -0.25) is 0 Å². The van der Waals surface area contributed by atoms with Gasteiger partial charge >= 0.3 is 0 Å². The number of nitrogen functional groups attached to an aromatic ring is 2. The zero-order valence-electron chi connectivity index (χ0n) is 14.4. The quantitative estimate of drug-likeness (QED) is 0.461. The van der Waals surface area contributed by atoms with Crippen molar-refractivity contribution >= 4 is 11.4 Å². The molecule has 0 fully saturated rings. The fourth-order valence-corrected chi connectivity index (χ4v) is 3.10. The van der Waals surface area contributed by atoms with Crippen LogP contribution in [0, 0.1) is 0 Å². The highest BCUT2D eigenvalue weighted by Gasteiger charge is 2.02. The monoisotopic (exact) mass is 336 g/mol. The molecule has 0 saturated heterocycles. The minimum atomic E-state index is 0.782. The second-order valence-electron chi connectivity index (χ2n) is 6.40. The first-order valence-corrected chi connectivity index (χ1v) is 8.61. The van der Waals surface area contributed by atoms with Gasteiger partial charge in [-0.1, -0.05) is 72.8 Å². The topological polar surface area (TPSA) is 52.0 Å². The molecule has 0 atom stereocenters. The standard InChI is InChI=1S/C24H20N2/c25-23-14-12-20(13-15-23)19-6-4-17(5-7-19)18-8-10-21(11-9-18)22-2-1-3-24(26)16-22/h1-16H,25-26H2. The van der Waals surface area contributed by atoms with E-state index in [1.807, 2.05) is 42.5 Å². The zero-order valence-corrected chi connectivity index (χ0v) is 14.4. The van der Waals surface area contributed by atoms with Crippen LogP contribution in [0.3, 0.4) is 0 Å². The number of hydrogen-bond acceptors (Lipinski definition) is 2.